The molecule has 2 N–H and O–H groups in total. The molecule has 0 fully saturated rings. The Kier molecular flexibility index (Phi) is 4.02. The highest BCUT2D eigenvalue weighted by atomic mass is 35.5. The highest BCUT2D eigenvalue weighted by Gasteiger charge is 2.15. The fourth-order valence-corrected chi connectivity index (χ4v) is 1.93. The molecule has 1 aromatic carbocycles. The molecule has 0 saturated heterocycles. The van der Waals surface area contributed by atoms with Gasteiger partial charge in [-0.15, -0.1) is 0 Å². The van der Waals surface area contributed by atoms with Crippen molar-refractivity contribution in [2.24, 2.45) is 0 Å². The summed E-state index contributed by atoms with van der Waals surface area (Å²) in [5.74, 6) is -0.537. The molecule has 5 heteroatoms. The lowest BCUT2D eigenvalue weighted by atomic mass is 10.2. The van der Waals surface area contributed by atoms with Gasteiger partial charge in [0.05, 0.1) is 5.02 Å². The Morgan fingerprint density at radius 3 is 2.89 bits per heavy atom. The van der Waals surface area contributed by atoms with Gasteiger partial charge in [0.2, 0.25) is 0 Å². The molecule has 0 spiro atoms. The maximum atomic E-state index is 11.9. The Balaban J connectivity index is 2.10. The number of ether oxygens (including phenoxy) is 1. The molecule has 0 aliphatic rings. The van der Waals surface area contributed by atoms with Gasteiger partial charge in [0, 0.05) is 23.6 Å². The number of pyridine rings is 1. The van der Waals surface area contributed by atoms with Crippen LogP contribution in [0.5, 0.6) is 0 Å². The van der Waals surface area contributed by atoms with Gasteiger partial charge in [-0.2, -0.15) is 0 Å². The number of carbonyl (C=O) groups excluding carboxylic acids is 1. The molecule has 0 saturated carbocycles. The first-order valence-electron chi connectivity index (χ1n) is 5.69. The lowest BCUT2D eigenvalue weighted by molar-refractivity contribution is 0.0474. The van der Waals surface area contributed by atoms with Crippen LogP contribution in [0, 0.1) is 6.92 Å². The first-order valence-corrected chi connectivity index (χ1v) is 6.07. The van der Waals surface area contributed by atoms with Crippen molar-refractivity contribution in [2.75, 3.05) is 5.73 Å². The number of aryl methyl sites for hydroxylation is 1. The van der Waals surface area contributed by atoms with E-state index in [2.05, 4.69) is 4.98 Å². The largest absolute Gasteiger partial charge is 0.457 e. The van der Waals surface area contributed by atoms with Gasteiger partial charge >= 0.3 is 5.97 Å². The number of nitrogens with zero attached hydrogens (tertiary/aromatic N) is 1. The second-order valence-electron chi connectivity index (χ2n) is 4.15. The maximum absolute atomic E-state index is 11.9. The van der Waals surface area contributed by atoms with Crippen LogP contribution in [0.4, 0.5) is 5.69 Å². The second kappa shape index (κ2) is 5.71. The fraction of sp³-hybridized carbons (Fsp3) is 0.143. The molecule has 0 unspecified atom stereocenters. The predicted molar refractivity (Wildman–Crippen MR) is 74.0 cm³/mol. The van der Waals surface area contributed by atoms with E-state index in [4.69, 9.17) is 22.1 Å². The number of hydrogen-bond donors (Lipinski definition) is 1. The number of nitrogens with two attached hydrogens (primary N) is 1. The molecule has 0 atom stereocenters. The summed E-state index contributed by atoms with van der Waals surface area (Å²) in [5.41, 5.74) is 8.05. The Morgan fingerprint density at radius 2 is 2.21 bits per heavy atom. The van der Waals surface area contributed by atoms with Crippen molar-refractivity contribution in [2.45, 2.75) is 13.5 Å². The minimum atomic E-state index is -0.537. The summed E-state index contributed by atoms with van der Waals surface area (Å²) in [7, 11) is 0. The van der Waals surface area contributed by atoms with E-state index in [0.29, 0.717) is 5.69 Å². The predicted octanol–water partition coefficient (Wildman–Crippen LogP) is 2.98. The van der Waals surface area contributed by atoms with E-state index < -0.39 is 5.97 Å². The lowest BCUT2D eigenvalue weighted by Gasteiger charge is -2.08. The van der Waals surface area contributed by atoms with Crippen molar-refractivity contribution in [3.05, 3.63) is 58.4 Å². The van der Waals surface area contributed by atoms with Crippen LogP contribution >= 0.6 is 11.6 Å². The van der Waals surface area contributed by atoms with Gasteiger partial charge in [-0.3, -0.25) is 4.98 Å². The Bertz CT molecular complexity index is 594. The third-order valence-corrected chi connectivity index (χ3v) is 2.87. The fourth-order valence-electron chi connectivity index (χ4n) is 1.67. The molecule has 1 aromatic heterocycles. The number of rotatable bonds is 3. The van der Waals surface area contributed by atoms with Crippen molar-refractivity contribution in [1.82, 2.24) is 4.98 Å². The van der Waals surface area contributed by atoms with Gasteiger partial charge < -0.3 is 10.5 Å². The highest BCUT2D eigenvalue weighted by Crippen LogP contribution is 2.23. The summed E-state index contributed by atoms with van der Waals surface area (Å²) >= 11 is 5.94. The van der Waals surface area contributed by atoms with Crippen molar-refractivity contribution < 1.29 is 9.53 Å². The quantitative estimate of drug-likeness (QED) is 0.691. The number of anilines is 1. The average Bonchev–Trinajstić information content (AvgIpc) is 2.36. The standard InChI is InChI=1S/C14H13ClN2O2/c1-9-5-10(7-17-6-9)8-19-14(18)13-11(15)3-2-4-12(13)16/h2-7H,8,16H2,1H3. The summed E-state index contributed by atoms with van der Waals surface area (Å²) in [4.78, 5) is 16.0. The molecule has 4 nitrogen and oxygen atoms in total. The Morgan fingerprint density at radius 1 is 1.42 bits per heavy atom. The van der Waals surface area contributed by atoms with E-state index in [1.165, 1.54) is 0 Å². The topological polar surface area (TPSA) is 65.2 Å². The first-order chi connectivity index (χ1) is 9.08. The van der Waals surface area contributed by atoms with Gasteiger partial charge in [0.15, 0.2) is 0 Å². The van der Waals surface area contributed by atoms with E-state index in [-0.39, 0.29) is 17.2 Å². The SMILES string of the molecule is Cc1cncc(COC(=O)c2c(N)cccc2Cl)c1. The summed E-state index contributed by atoms with van der Waals surface area (Å²) in [6.45, 7) is 2.06. The molecule has 0 bridgehead atoms. The number of hydrogen-bond acceptors (Lipinski definition) is 4. The van der Waals surface area contributed by atoms with Gasteiger partial charge in [0.25, 0.3) is 0 Å². The monoisotopic (exact) mass is 276 g/mol. The lowest BCUT2D eigenvalue weighted by Crippen LogP contribution is -2.09. The highest BCUT2D eigenvalue weighted by molar-refractivity contribution is 6.34. The zero-order chi connectivity index (χ0) is 13.8. The minimum absolute atomic E-state index is 0.137. The van der Waals surface area contributed by atoms with Crippen LogP contribution in [0.25, 0.3) is 0 Å². The maximum Gasteiger partial charge on any atom is 0.342 e. The van der Waals surface area contributed by atoms with Gasteiger partial charge in [-0.25, -0.2) is 4.79 Å². The van der Waals surface area contributed by atoms with Crippen LogP contribution in [0.1, 0.15) is 21.5 Å². The average molecular weight is 277 g/mol. The van der Waals surface area contributed by atoms with E-state index in [9.17, 15) is 4.79 Å². The molecule has 0 amide bonds. The molecule has 0 radical (unpaired) electrons. The van der Waals surface area contributed by atoms with Crippen LogP contribution in [-0.4, -0.2) is 11.0 Å². The molecule has 0 aliphatic carbocycles. The van der Waals surface area contributed by atoms with Crippen molar-refractivity contribution in [3.8, 4) is 0 Å². The molecule has 2 aromatic rings. The first kappa shape index (κ1) is 13.4. The molecular weight excluding hydrogens is 264 g/mol. The van der Waals surface area contributed by atoms with E-state index in [0.717, 1.165) is 11.1 Å². The van der Waals surface area contributed by atoms with Gasteiger partial charge in [-0.1, -0.05) is 17.7 Å². The third-order valence-electron chi connectivity index (χ3n) is 2.55. The number of benzene rings is 1. The van der Waals surface area contributed by atoms with Crippen LogP contribution in [-0.2, 0) is 11.3 Å². The number of nitrogen functional groups attached to an aromatic ring is 1. The number of carbonyl (C=O) groups is 1. The zero-order valence-electron chi connectivity index (χ0n) is 10.4. The van der Waals surface area contributed by atoms with Crippen LogP contribution in [0.15, 0.2) is 36.7 Å². The minimum Gasteiger partial charge on any atom is -0.457 e. The normalized spacial score (nSPS) is 10.2. The summed E-state index contributed by atoms with van der Waals surface area (Å²) in [6.07, 6.45) is 3.38. The second-order valence-corrected chi connectivity index (χ2v) is 4.56. The number of aromatic nitrogens is 1. The summed E-state index contributed by atoms with van der Waals surface area (Å²) < 4.78 is 5.19. The van der Waals surface area contributed by atoms with Crippen molar-refractivity contribution >= 4 is 23.3 Å². The molecule has 98 valence electrons. The summed E-state index contributed by atoms with van der Waals surface area (Å²) in [5, 5.41) is 0.285. The van der Waals surface area contributed by atoms with Crippen molar-refractivity contribution in [1.29, 1.82) is 0 Å². The van der Waals surface area contributed by atoms with Gasteiger partial charge in [-0.05, 0) is 30.7 Å². The van der Waals surface area contributed by atoms with E-state index >= 15 is 0 Å². The van der Waals surface area contributed by atoms with Crippen LogP contribution < -0.4 is 5.73 Å². The van der Waals surface area contributed by atoms with Crippen molar-refractivity contribution in [3.63, 3.8) is 0 Å². The van der Waals surface area contributed by atoms with Crippen LogP contribution in [0.2, 0.25) is 5.02 Å². The Hall–Kier alpha value is -2.07. The molecule has 19 heavy (non-hydrogen) atoms. The molecule has 0 aliphatic heterocycles. The third kappa shape index (κ3) is 3.23. The molecule has 2 rings (SSSR count). The molecule has 1 heterocycles. The number of halogens is 1. The van der Waals surface area contributed by atoms with E-state index in [1.807, 2.05) is 13.0 Å². The van der Waals surface area contributed by atoms with Gasteiger partial charge in [0.1, 0.15) is 12.2 Å². The zero-order valence-corrected chi connectivity index (χ0v) is 11.1. The molecular formula is C14H13ClN2O2. The summed E-state index contributed by atoms with van der Waals surface area (Å²) in [6, 6.07) is 6.79. The number of esters is 1. The van der Waals surface area contributed by atoms with Crippen LogP contribution in [0.3, 0.4) is 0 Å². The van der Waals surface area contributed by atoms with E-state index in [1.54, 1.807) is 30.6 Å². The Labute approximate surface area is 116 Å². The smallest absolute Gasteiger partial charge is 0.342 e.